The normalized spacial score (nSPS) is 12.8. The van der Waals surface area contributed by atoms with E-state index in [1.54, 1.807) is 6.20 Å². The Morgan fingerprint density at radius 3 is 3.00 bits per heavy atom. The summed E-state index contributed by atoms with van der Waals surface area (Å²) in [6.45, 7) is 0.145. The van der Waals surface area contributed by atoms with Gasteiger partial charge in [0.1, 0.15) is 0 Å². The number of carbonyl (C=O) groups is 1. The number of hydrogen-bond acceptors (Lipinski definition) is 3. The Morgan fingerprint density at radius 2 is 2.58 bits per heavy atom. The monoisotopic (exact) mass is 170 g/mol. The maximum atomic E-state index is 10.7. The highest BCUT2D eigenvalue weighted by Crippen LogP contribution is 2.05. The van der Waals surface area contributed by atoms with E-state index in [0.717, 1.165) is 0 Å². The van der Waals surface area contributed by atoms with Gasteiger partial charge in [-0.1, -0.05) is 0 Å². The van der Waals surface area contributed by atoms with Crippen LogP contribution in [0.1, 0.15) is 6.04 Å². The fraction of sp³-hybridized carbons (Fsp3) is 0.429. The average Bonchev–Trinajstić information content (AvgIpc) is 2.51. The molecule has 5 heteroatoms. The van der Waals surface area contributed by atoms with Crippen molar-refractivity contribution in [2.45, 2.75) is 6.04 Å². The van der Waals surface area contributed by atoms with Crippen molar-refractivity contribution in [3.8, 4) is 0 Å². The third kappa shape index (κ3) is 1.82. The molecule has 0 saturated carbocycles. The second-order valence-corrected chi connectivity index (χ2v) is 2.32. The molecule has 0 aliphatic carbocycles. The van der Waals surface area contributed by atoms with Gasteiger partial charge in [-0.3, -0.25) is 0 Å². The lowest BCUT2D eigenvalue weighted by atomic mass is 10.3. The van der Waals surface area contributed by atoms with E-state index in [9.17, 15) is 4.79 Å². The van der Waals surface area contributed by atoms with Gasteiger partial charge in [0, 0.05) is 19.5 Å². The molecule has 1 N–H and O–H groups in total. The number of nitrogens with zero attached hydrogens (tertiary/aromatic N) is 2. The number of imidazole rings is 1. The van der Waals surface area contributed by atoms with Gasteiger partial charge in [-0.25, -0.2) is 9.78 Å². The largest absolute Gasteiger partial charge is 0.480 e. The summed E-state index contributed by atoms with van der Waals surface area (Å²) in [5.74, 6) is -0.921. The molecule has 1 atom stereocenters. The van der Waals surface area contributed by atoms with Crippen LogP contribution in [0.2, 0.25) is 0 Å². The standard InChI is InChI=1S/C7H10N2O3/c1-12-4-6(7(10)11)9-3-2-8-5-9/h2-3,5-6H,4H2,1H3,(H,10,11). The highest BCUT2D eigenvalue weighted by Gasteiger charge is 2.17. The topological polar surface area (TPSA) is 64.3 Å². The Labute approximate surface area is 69.6 Å². The molecule has 1 aromatic rings. The van der Waals surface area contributed by atoms with Gasteiger partial charge in [0.25, 0.3) is 0 Å². The van der Waals surface area contributed by atoms with E-state index in [4.69, 9.17) is 9.84 Å². The van der Waals surface area contributed by atoms with Crippen LogP contribution >= 0.6 is 0 Å². The van der Waals surface area contributed by atoms with Gasteiger partial charge >= 0.3 is 5.97 Å². The lowest BCUT2D eigenvalue weighted by Gasteiger charge is -2.11. The molecule has 5 nitrogen and oxygen atoms in total. The number of aromatic nitrogens is 2. The molecule has 1 heterocycles. The quantitative estimate of drug-likeness (QED) is 0.698. The summed E-state index contributed by atoms with van der Waals surface area (Å²) in [7, 11) is 1.47. The molecular weight excluding hydrogens is 160 g/mol. The Morgan fingerprint density at radius 1 is 1.83 bits per heavy atom. The second kappa shape index (κ2) is 3.87. The van der Waals surface area contributed by atoms with E-state index in [0.29, 0.717) is 0 Å². The first-order valence-corrected chi connectivity index (χ1v) is 3.45. The molecule has 0 aliphatic heterocycles. The Balaban J connectivity index is 2.73. The van der Waals surface area contributed by atoms with Crippen molar-refractivity contribution in [3.63, 3.8) is 0 Å². The average molecular weight is 170 g/mol. The van der Waals surface area contributed by atoms with E-state index in [-0.39, 0.29) is 6.61 Å². The maximum Gasteiger partial charge on any atom is 0.329 e. The molecule has 1 rings (SSSR count). The van der Waals surface area contributed by atoms with Crippen LogP contribution in [0.15, 0.2) is 18.7 Å². The van der Waals surface area contributed by atoms with Crippen molar-refractivity contribution in [1.82, 2.24) is 9.55 Å². The lowest BCUT2D eigenvalue weighted by Crippen LogP contribution is -2.22. The van der Waals surface area contributed by atoms with Crippen molar-refractivity contribution in [2.24, 2.45) is 0 Å². The van der Waals surface area contributed by atoms with Crippen molar-refractivity contribution in [2.75, 3.05) is 13.7 Å². The zero-order chi connectivity index (χ0) is 8.97. The van der Waals surface area contributed by atoms with Gasteiger partial charge in [0.15, 0.2) is 6.04 Å². The summed E-state index contributed by atoms with van der Waals surface area (Å²) >= 11 is 0. The first-order valence-electron chi connectivity index (χ1n) is 3.45. The minimum Gasteiger partial charge on any atom is -0.480 e. The summed E-state index contributed by atoms with van der Waals surface area (Å²) in [6, 6.07) is -0.683. The molecule has 66 valence electrons. The van der Waals surface area contributed by atoms with Gasteiger partial charge in [-0.05, 0) is 0 Å². The fourth-order valence-corrected chi connectivity index (χ4v) is 0.897. The summed E-state index contributed by atoms with van der Waals surface area (Å²) in [5, 5.41) is 8.75. The fourth-order valence-electron chi connectivity index (χ4n) is 0.897. The molecule has 0 amide bonds. The maximum absolute atomic E-state index is 10.7. The van der Waals surface area contributed by atoms with Crippen LogP contribution in [0, 0.1) is 0 Å². The highest BCUT2D eigenvalue weighted by molar-refractivity contribution is 5.71. The molecule has 12 heavy (non-hydrogen) atoms. The SMILES string of the molecule is COCC(C(=O)O)n1ccnc1. The molecule has 0 saturated heterocycles. The highest BCUT2D eigenvalue weighted by atomic mass is 16.5. The van der Waals surface area contributed by atoms with Crippen molar-refractivity contribution < 1.29 is 14.6 Å². The predicted molar refractivity (Wildman–Crippen MR) is 40.8 cm³/mol. The minimum absolute atomic E-state index is 0.145. The molecule has 0 bridgehead atoms. The van der Waals surface area contributed by atoms with Gasteiger partial charge in [0.05, 0.1) is 12.9 Å². The van der Waals surface area contributed by atoms with Crippen molar-refractivity contribution in [3.05, 3.63) is 18.7 Å². The number of carboxylic acids is 1. The van der Waals surface area contributed by atoms with Crippen LogP contribution in [0.4, 0.5) is 0 Å². The van der Waals surface area contributed by atoms with Crippen LogP contribution in [0.3, 0.4) is 0 Å². The third-order valence-corrected chi connectivity index (χ3v) is 1.49. The molecule has 0 aromatic carbocycles. The first kappa shape index (κ1) is 8.73. The van der Waals surface area contributed by atoms with E-state index < -0.39 is 12.0 Å². The van der Waals surface area contributed by atoms with Crippen LogP contribution in [0.25, 0.3) is 0 Å². The Bertz CT molecular complexity index is 245. The second-order valence-electron chi connectivity index (χ2n) is 2.32. The number of carboxylic acid groups (broad SMARTS) is 1. The van der Waals surface area contributed by atoms with Crippen LogP contribution in [-0.2, 0) is 9.53 Å². The van der Waals surface area contributed by atoms with E-state index >= 15 is 0 Å². The first-order chi connectivity index (χ1) is 5.75. The minimum atomic E-state index is -0.921. The van der Waals surface area contributed by atoms with Crippen molar-refractivity contribution >= 4 is 5.97 Å². The molecule has 0 radical (unpaired) electrons. The Kier molecular flexibility index (Phi) is 2.82. The number of rotatable bonds is 4. The molecule has 0 fully saturated rings. The molecule has 0 spiro atoms. The van der Waals surface area contributed by atoms with Crippen molar-refractivity contribution in [1.29, 1.82) is 0 Å². The van der Waals surface area contributed by atoms with Crippen LogP contribution < -0.4 is 0 Å². The van der Waals surface area contributed by atoms with Gasteiger partial charge in [-0.15, -0.1) is 0 Å². The summed E-state index contributed by atoms with van der Waals surface area (Å²) in [5.41, 5.74) is 0. The predicted octanol–water partition coefficient (Wildman–Crippen LogP) is 0.155. The molecular formula is C7H10N2O3. The number of aliphatic carboxylic acids is 1. The molecule has 1 aromatic heterocycles. The molecule has 1 unspecified atom stereocenters. The number of ether oxygens (including phenoxy) is 1. The summed E-state index contributed by atoms with van der Waals surface area (Å²) in [4.78, 5) is 14.4. The smallest absolute Gasteiger partial charge is 0.329 e. The van der Waals surface area contributed by atoms with E-state index in [1.807, 2.05) is 0 Å². The number of methoxy groups -OCH3 is 1. The zero-order valence-corrected chi connectivity index (χ0v) is 6.67. The van der Waals surface area contributed by atoms with Gasteiger partial charge < -0.3 is 14.4 Å². The van der Waals surface area contributed by atoms with Crippen LogP contribution in [0.5, 0.6) is 0 Å². The lowest BCUT2D eigenvalue weighted by molar-refractivity contribution is -0.142. The summed E-state index contributed by atoms with van der Waals surface area (Å²) < 4.78 is 6.25. The van der Waals surface area contributed by atoms with E-state index in [1.165, 1.54) is 24.2 Å². The summed E-state index contributed by atoms with van der Waals surface area (Å²) in [6.07, 6.45) is 4.58. The van der Waals surface area contributed by atoms with E-state index in [2.05, 4.69) is 4.98 Å². The van der Waals surface area contributed by atoms with Gasteiger partial charge in [-0.2, -0.15) is 0 Å². The Hall–Kier alpha value is -1.36. The number of hydrogen-bond donors (Lipinski definition) is 1. The third-order valence-electron chi connectivity index (χ3n) is 1.49. The molecule has 0 aliphatic rings. The van der Waals surface area contributed by atoms with Crippen LogP contribution in [-0.4, -0.2) is 34.3 Å². The van der Waals surface area contributed by atoms with Gasteiger partial charge in [0.2, 0.25) is 0 Å². The zero-order valence-electron chi connectivity index (χ0n) is 6.67.